The van der Waals surface area contributed by atoms with Crippen LogP contribution < -0.4 is 5.73 Å². The van der Waals surface area contributed by atoms with Crippen LogP contribution in [0.5, 0.6) is 0 Å². The van der Waals surface area contributed by atoms with Crippen LogP contribution >= 0.6 is 27.5 Å². The van der Waals surface area contributed by atoms with E-state index in [0.29, 0.717) is 12.0 Å². The summed E-state index contributed by atoms with van der Waals surface area (Å²) in [5.74, 6) is -0.384. The van der Waals surface area contributed by atoms with Crippen LogP contribution in [0.25, 0.3) is 0 Å². The molecule has 2 aromatic rings. The van der Waals surface area contributed by atoms with Gasteiger partial charge in [0.1, 0.15) is 5.82 Å². The fourth-order valence-corrected chi connectivity index (χ4v) is 2.49. The lowest BCUT2D eigenvalue weighted by molar-refractivity contribution is 0.593. The second kappa shape index (κ2) is 6.04. The summed E-state index contributed by atoms with van der Waals surface area (Å²) in [5.41, 5.74) is 8.79. The third-order valence-corrected chi connectivity index (χ3v) is 4.24. The van der Waals surface area contributed by atoms with Crippen molar-refractivity contribution in [3.8, 4) is 0 Å². The number of aryl methyl sites for hydroxylation is 1. The molecule has 2 aromatic carbocycles. The molecule has 0 fully saturated rings. The lowest BCUT2D eigenvalue weighted by Crippen LogP contribution is -2.14. The van der Waals surface area contributed by atoms with Crippen molar-refractivity contribution < 1.29 is 4.39 Å². The van der Waals surface area contributed by atoms with E-state index < -0.39 is 0 Å². The topological polar surface area (TPSA) is 26.0 Å². The Hall–Kier alpha value is -0.900. The van der Waals surface area contributed by atoms with Crippen molar-refractivity contribution >= 4 is 27.5 Å². The molecule has 100 valence electrons. The molecule has 0 amide bonds. The van der Waals surface area contributed by atoms with Crippen molar-refractivity contribution in [2.75, 3.05) is 0 Å². The molecule has 1 nitrogen and oxygen atoms in total. The first kappa shape index (κ1) is 14.5. The smallest absolute Gasteiger partial charge is 0.145 e. The minimum absolute atomic E-state index is 0.134. The summed E-state index contributed by atoms with van der Waals surface area (Å²) < 4.78 is 14.8. The zero-order valence-electron chi connectivity index (χ0n) is 10.5. The number of hydrogen-bond acceptors (Lipinski definition) is 1. The zero-order valence-corrected chi connectivity index (χ0v) is 12.8. The highest BCUT2D eigenvalue weighted by Crippen LogP contribution is 2.25. The predicted octanol–water partition coefficient (Wildman–Crippen LogP) is 4.79. The quantitative estimate of drug-likeness (QED) is 0.852. The molecule has 0 bridgehead atoms. The highest BCUT2D eigenvalue weighted by molar-refractivity contribution is 9.10. The molecule has 19 heavy (non-hydrogen) atoms. The summed E-state index contributed by atoms with van der Waals surface area (Å²) in [6.07, 6.45) is 0.419. The van der Waals surface area contributed by atoms with Gasteiger partial charge in [0.2, 0.25) is 0 Å². The van der Waals surface area contributed by atoms with Gasteiger partial charge in [0.05, 0.1) is 5.02 Å². The highest BCUT2D eigenvalue weighted by atomic mass is 79.9. The van der Waals surface area contributed by atoms with Crippen LogP contribution in [0.15, 0.2) is 40.9 Å². The van der Waals surface area contributed by atoms with E-state index in [4.69, 9.17) is 17.3 Å². The summed E-state index contributed by atoms with van der Waals surface area (Å²) in [4.78, 5) is 0. The average molecular weight is 343 g/mol. The zero-order chi connectivity index (χ0) is 14.0. The van der Waals surface area contributed by atoms with Crippen molar-refractivity contribution in [3.05, 3.63) is 68.4 Å². The normalized spacial score (nSPS) is 12.5. The van der Waals surface area contributed by atoms with E-state index in [1.807, 2.05) is 25.1 Å². The third kappa shape index (κ3) is 3.35. The Labute approximate surface area is 125 Å². The first-order valence-electron chi connectivity index (χ1n) is 5.93. The number of nitrogens with two attached hydrogens (primary N) is 1. The molecule has 0 aliphatic heterocycles. The molecular formula is C15H14BrClFN. The predicted molar refractivity (Wildman–Crippen MR) is 80.9 cm³/mol. The number of halogens is 3. The van der Waals surface area contributed by atoms with Crippen LogP contribution in [-0.4, -0.2) is 0 Å². The highest BCUT2D eigenvalue weighted by Gasteiger charge is 2.13. The molecule has 0 aliphatic carbocycles. The summed E-state index contributed by atoms with van der Waals surface area (Å²) in [5, 5.41) is 0.134. The maximum atomic E-state index is 13.8. The van der Waals surface area contributed by atoms with Crippen LogP contribution in [0.3, 0.4) is 0 Å². The molecular weight excluding hydrogens is 329 g/mol. The molecule has 1 atom stereocenters. The van der Waals surface area contributed by atoms with Gasteiger partial charge in [0.25, 0.3) is 0 Å². The van der Waals surface area contributed by atoms with Crippen LogP contribution in [0, 0.1) is 12.7 Å². The number of benzene rings is 2. The van der Waals surface area contributed by atoms with Gasteiger partial charge in [0.15, 0.2) is 0 Å². The van der Waals surface area contributed by atoms with Crippen molar-refractivity contribution in [1.29, 1.82) is 0 Å². The molecule has 0 spiro atoms. The van der Waals surface area contributed by atoms with Crippen molar-refractivity contribution in [2.45, 2.75) is 19.4 Å². The Bertz CT molecular complexity index is 601. The van der Waals surface area contributed by atoms with Crippen molar-refractivity contribution in [2.24, 2.45) is 5.73 Å². The van der Waals surface area contributed by atoms with Crippen molar-refractivity contribution in [3.63, 3.8) is 0 Å². The molecule has 2 rings (SSSR count). The van der Waals surface area contributed by atoms with E-state index in [-0.39, 0.29) is 16.9 Å². The Kier molecular flexibility index (Phi) is 4.61. The second-order valence-corrected chi connectivity index (χ2v) is 5.79. The molecule has 0 heterocycles. The Morgan fingerprint density at radius 1 is 1.32 bits per heavy atom. The van der Waals surface area contributed by atoms with Crippen LogP contribution in [0.2, 0.25) is 5.02 Å². The van der Waals surface area contributed by atoms with Gasteiger partial charge in [0, 0.05) is 10.5 Å². The van der Waals surface area contributed by atoms with Gasteiger partial charge in [-0.3, -0.25) is 0 Å². The minimum Gasteiger partial charge on any atom is -0.324 e. The van der Waals surface area contributed by atoms with Crippen LogP contribution in [-0.2, 0) is 6.42 Å². The van der Waals surface area contributed by atoms with Crippen LogP contribution in [0.1, 0.15) is 22.7 Å². The molecule has 1 unspecified atom stereocenters. The lowest BCUT2D eigenvalue weighted by atomic mass is 9.98. The molecule has 2 N–H and O–H groups in total. The summed E-state index contributed by atoms with van der Waals surface area (Å²) in [6, 6.07) is 10.7. The molecule has 0 aliphatic rings. The Morgan fingerprint density at radius 2 is 2.05 bits per heavy atom. The fourth-order valence-electron chi connectivity index (χ4n) is 1.90. The van der Waals surface area contributed by atoms with Gasteiger partial charge >= 0.3 is 0 Å². The maximum Gasteiger partial charge on any atom is 0.145 e. The van der Waals surface area contributed by atoms with Crippen molar-refractivity contribution in [1.82, 2.24) is 0 Å². The van der Waals surface area contributed by atoms with Gasteiger partial charge in [-0.2, -0.15) is 0 Å². The molecule has 0 aromatic heterocycles. The second-order valence-electron chi connectivity index (χ2n) is 4.53. The van der Waals surface area contributed by atoms with Gasteiger partial charge in [-0.1, -0.05) is 51.8 Å². The fraction of sp³-hybridized carbons (Fsp3) is 0.200. The number of rotatable bonds is 3. The SMILES string of the molecule is Cc1ccc(C(N)Cc2cccc(Cl)c2F)cc1Br. The third-order valence-electron chi connectivity index (χ3n) is 3.10. The summed E-state index contributed by atoms with van der Waals surface area (Å²) in [7, 11) is 0. The van der Waals surface area contributed by atoms with E-state index in [1.165, 1.54) is 6.07 Å². The first-order chi connectivity index (χ1) is 8.99. The van der Waals surface area contributed by atoms with Gasteiger partial charge in [-0.25, -0.2) is 4.39 Å². The monoisotopic (exact) mass is 341 g/mol. The molecule has 4 heteroatoms. The van der Waals surface area contributed by atoms with E-state index in [0.717, 1.165) is 15.6 Å². The Morgan fingerprint density at radius 3 is 2.74 bits per heavy atom. The van der Waals surface area contributed by atoms with Gasteiger partial charge in [-0.15, -0.1) is 0 Å². The van der Waals surface area contributed by atoms with Gasteiger partial charge < -0.3 is 5.73 Å². The molecule has 0 saturated carbocycles. The standard InChI is InChI=1S/C15H14BrClFN/c1-9-5-6-10(7-12(9)16)14(19)8-11-3-2-4-13(17)15(11)18/h2-7,14H,8,19H2,1H3. The first-order valence-corrected chi connectivity index (χ1v) is 7.10. The van der Waals surface area contributed by atoms with Gasteiger partial charge in [-0.05, 0) is 42.2 Å². The van der Waals surface area contributed by atoms with E-state index >= 15 is 0 Å². The number of hydrogen-bond donors (Lipinski definition) is 1. The largest absolute Gasteiger partial charge is 0.324 e. The average Bonchev–Trinajstić information content (AvgIpc) is 2.38. The van der Waals surface area contributed by atoms with E-state index in [1.54, 1.807) is 12.1 Å². The minimum atomic E-state index is -0.384. The maximum absolute atomic E-state index is 13.8. The molecule has 0 saturated heterocycles. The molecule has 0 radical (unpaired) electrons. The summed E-state index contributed by atoms with van der Waals surface area (Å²) in [6.45, 7) is 2.01. The van der Waals surface area contributed by atoms with E-state index in [9.17, 15) is 4.39 Å². The lowest BCUT2D eigenvalue weighted by Gasteiger charge is -2.14. The van der Waals surface area contributed by atoms with E-state index in [2.05, 4.69) is 15.9 Å². The Balaban J connectivity index is 2.23. The van der Waals surface area contributed by atoms with Crippen LogP contribution in [0.4, 0.5) is 4.39 Å². The summed E-state index contributed by atoms with van der Waals surface area (Å²) >= 11 is 9.24.